The summed E-state index contributed by atoms with van der Waals surface area (Å²) in [6.45, 7) is 0. The summed E-state index contributed by atoms with van der Waals surface area (Å²) < 4.78 is 16.3. The van der Waals surface area contributed by atoms with Crippen LogP contribution < -0.4 is 0 Å². The van der Waals surface area contributed by atoms with Gasteiger partial charge in [-0.3, -0.25) is 4.57 Å². The van der Waals surface area contributed by atoms with E-state index in [9.17, 15) is 4.39 Å². The molecule has 3 aromatic rings. The Morgan fingerprint density at radius 1 is 1.18 bits per heavy atom. The van der Waals surface area contributed by atoms with Gasteiger partial charge in [0.25, 0.3) is 0 Å². The topological polar surface area (TPSA) is 17.8 Å². The van der Waals surface area contributed by atoms with E-state index in [0.29, 0.717) is 5.69 Å². The average molecular weight is 291 g/mol. The molecule has 4 heteroatoms. The zero-order valence-corrected chi connectivity index (χ0v) is 10.4. The minimum absolute atomic E-state index is 0.275. The highest BCUT2D eigenvalue weighted by Gasteiger charge is 2.08. The van der Waals surface area contributed by atoms with E-state index in [1.165, 1.54) is 6.07 Å². The van der Waals surface area contributed by atoms with Gasteiger partial charge in [0.2, 0.25) is 0 Å². The molecule has 3 rings (SSSR count). The third-order valence-corrected chi connectivity index (χ3v) is 3.11. The third kappa shape index (κ3) is 1.74. The number of aromatic nitrogens is 2. The molecule has 0 aliphatic rings. The van der Waals surface area contributed by atoms with Gasteiger partial charge in [0.15, 0.2) is 0 Å². The molecule has 0 fully saturated rings. The van der Waals surface area contributed by atoms with Gasteiger partial charge in [-0.05, 0) is 36.4 Å². The molecule has 0 amide bonds. The van der Waals surface area contributed by atoms with Gasteiger partial charge in [0, 0.05) is 22.3 Å². The summed E-state index contributed by atoms with van der Waals surface area (Å²) >= 11 is 3.24. The Balaban J connectivity index is 2.27. The van der Waals surface area contributed by atoms with Gasteiger partial charge in [-0.15, -0.1) is 0 Å². The highest BCUT2D eigenvalue weighted by atomic mass is 79.9. The molecule has 0 atom stereocenters. The quantitative estimate of drug-likeness (QED) is 0.664. The smallest absolute Gasteiger partial charge is 0.148 e. The van der Waals surface area contributed by atoms with Crippen molar-refractivity contribution in [1.82, 2.24) is 9.55 Å². The lowest BCUT2D eigenvalue weighted by Crippen LogP contribution is -1.96. The van der Waals surface area contributed by atoms with Crippen LogP contribution in [0, 0.1) is 5.82 Å². The van der Waals surface area contributed by atoms with Crippen LogP contribution in [0.4, 0.5) is 4.39 Å². The second-order valence-electron chi connectivity index (χ2n) is 3.70. The van der Waals surface area contributed by atoms with Crippen molar-refractivity contribution >= 4 is 27.0 Å². The van der Waals surface area contributed by atoms with E-state index in [4.69, 9.17) is 0 Å². The van der Waals surface area contributed by atoms with Crippen molar-refractivity contribution in [3.05, 3.63) is 59.1 Å². The van der Waals surface area contributed by atoms with Crippen LogP contribution in [0.5, 0.6) is 0 Å². The summed E-state index contributed by atoms with van der Waals surface area (Å²) in [6.07, 6.45) is 3.53. The van der Waals surface area contributed by atoms with Gasteiger partial charge < -0.3 is 0 Å². The number of nitrogens with zero attached hydrogens (tertiary/aromatic N) is 2. The summed E-state index contributed by atoms with van der Waals surface area (Å²) in [5.74, 6) is -0.275. The van der Waals surface area contributed by atoms with Crippen LogP contribution in [0.1, 0.15) is 0 Å². The molecule has 0 bridgehead atoms. The minimum Gasteiger partial charge on any atom is -0.298 e. The fourth-order valence-corrected chi connectivity index (χ4v) is 2.17. The van der Waals surface area contributed by atoms with Crippen molar-refractivity contribution in [1.29, 1.82) is 0 Å². The first kappa shape index (κ1) is 10.5. The predicted molar refractivity (Wildman–Crippen MR) is 68.7 cm³/mol. The normalized spacial score (nSPS) is 10.9. The fourth-order valence-electron chi connectivity index (χ4n) is 1.84. The molecule has 0 saturated carbocycles. The highest BCUT2D eigenvalue weighted by Crippen LogP contribution is 2.22. The highest BCUT2D eigenvalue weighted by molar-refractivity contribution is 9.10. The molecule has 0 unspecified atom stereocenters. The van der Waals surface area contributed by atoms with Crippen LogP contribution in [0.2, 0.25) is 0 Å². The summed E-state index contributed by atoms with van der Waals surface area (Å²) in [5, 5.41) is 0.995. The van der Waals surface area contributed by atoms with Crippen molar-refractivity contribution in [3.63, 3.8) is 0 Å². The van der Waals surface area contributed by atoms with Crippen molar-refractivity contribution in [2.75, 3.05) is 0 Å². The van der Waals surface area contributed by atoms with Crippen LogP contribution in [-0.2, 0) is 0 Å². The Morgan fingerprint density at radius 3 is 2.88 bits per heavy atom. The monoisotopic (exact) mass is 290 g/mol. The van der Waals surface area contributed by atoms with Crippen LogP contribution >= 0.6 is 15.9 Å². The molecule has 0 spiro atoms. The Morgan fingerprint density at radius 2 is 2.06 bits per heavy atom. The minimum atomic E-state index is -0.275. The van der Waals surface area contributed by atoms with Gasteiger partial charge in [0.05, 0.1) is 5.69 Å². The first-order valence-electron chi connectivity index (χ1n) is 5.13. The standard InChI is InChI=1S/C13H8BrFN2/c14-10-3-4-12(11(15)8-10)17-7-5-9-2-1-6-16-13(9)17/h1-8H. The molecule has 0 saturated heterocycles. The average Bonchev–Trinajstić information content (AvgIpc) is 2.73. The molecular weight excluding hydrogens is 283 g/mol. The molecule has 84 valence electrons. The molecule has 1 aromatic carbocycles. The predicted octanol–water partition coefficient (Wildman–Crippen LogP) is 3.93. The maximum absolute atomic E-state index is 13.9. The molecule has 17 heavy (non-hydrogen) atoms. The second kappa shape index (κ2) is 3.96. The lowest BCUT2D eigenvalue weighted by atomic mass is 10.3. The summed E-state index contributed by atoms with van der Waals surface area (Å²) in [5.41, 5.74) is 1.26. The van der Waals surface area contributed by atoms with Gasteiger partial charge in [-0.1, -0.05) is 15.9 Å². The van der Waals surface area contributed by atoms with Crippen molar-refractivity contribution in [3.8, 4) is 5.69 Å². The van der Waals surface area contributed by atoms with Crippen molar-refractivity contribution in [2.24, 2.45) is 0 Å². The van der Waals surface area contributed by atoms with Gasteiger partial charge in [-0.25, -0.2) is 9.37 Å². The zero-order valence-electron chi connectivity index (χ0n) is 8.77. The van der Waals surface area contributed by atoms with E-state index in [1.807, 2.05) is 30.5 Å². The molecule has 0 radical (unpaired) electrons. The van der Waals surface area contributed by atoms with E-state index in [2.05, 4.69) is 20.9 Å². The lowest BCUT2D eigenvalue weighted by Gasteiger charge is -2.06. The molecule has 0 aliphatic heterocycles. The second-order valence-corrected chi connectivity index (χ2v) is 4.61. The Hall–Kier alpha value is -1.68. The summed E-state index contributed by atoms with van der Waals surface area (Å²) in [7, 11) is 0. The number of fused-ring (bicyclic) bond motifs is 1. The molecule has 0 aliphatic carbocycles. The van der Waals surface area contributed by atoms with Crippen LogP contribution in [0.3, 0.4) is 0 Å². The first-order chi connectivity index (χ1) is 8.25. The first-order valence-corrected chi connectivity index (χ1v) is 5.92. The van der Waals surface area contributed by atoms with E-state index in [-0.39, 0.29) is 5.82 Å². The van der Waals surface area contributed by atoms with Crippen molar-refractivity contribution in [2.45, 2.75) is 0 Å². The van der Waals surface area contributed by atoms with E-state index >= 15 is 0 Å². The fraction of sp³-hybridized carbons (Fsp3) is 0. The number of rotatable bonds is 1. The largest absolute Gasteiger partial charge is 0.298 e. The number of halogens is 2. The Bertz CT molecular complexity index is 691. The maximum Gasteiger partial charge on any atom is 0.148 e. The number of hydrogen-bond acceptors (Lipinski definition) is 1. The molecule has 0 N–H and O–H groups in total. The summed E-state index contributed by atoms with van der Waals surface area (Å²) in [4.78, 5) is 4.27. The van der Waals surface area contributed by atoms with Crippen molar-refractivity contribution < 1.29 is 4.39 Å². The van der Waals surface area contributed by atoms with Gasteiger partial charge >= 0.3 is 0 Å². The third-order valence-electron chi connectivity index (χ3n) is 2.62. The maximum atomic E-state index is 13.9. The number of benzene rings is 1. The summed E-state index contributed by atoms with van der Waals surface area (Å²) in [6, 6.07) is 10.7. The number of pyridine rings is 1. The zero-order chi connectivity index (χ0) is 11.8. The van der Waals surface area contributed by atoms with Gasteiger partial charge in [-0.2, -0.15) is 0 Å². The van der Waals surface area contributed by atoms with Crippen LogP contribution in [0.25, 0.3) is 16.7 Å². The van der Waals surface area contributed by atoms with Gasteiger partial charge in [0.1, 0.15) is 11.5 Å². The van der Waals surface area contributed by atoms with E-state index < -0.39 is 0 Å². The molecular formula is C13H8BrFN2. The van der Waals surface area contributed by atoms with Crippen LogP contribution in [-0.4, -0.2) is 9.55 Å². The van der Waals surface area contributed by atoms with Crippen LogP contribution in [0.15, 0.2) is 53.3 Å². The van der Waals surface area contributed by atoms with E-state index in [0.717, 1.165) is 15.5 Å². The van der Waals surface area contributed by atoms with E-state index in [1.54, 1.807) is 16.8 Å². The SMILES string of the molecule is Fc1cc(Br)ccc1-n1ccc2cccnc21. The Labute approximate surface area is 106 Å². The Kier molecular flexibility index (Phi) is 2.44. The molecule has 2 aromatic heterocycles. The number of hydrogen-bond donors (Lipinski definition) is 0. The molecule has 2 nitrogen and oxygen atoms in total. The molecule has 2 heterocycles. The lowest BCUT2D eigenvalue weighted by molar-refractivity contribution is 0.618.